The van der Waals surface area contributed by atoms with E-state index in [1.54, 1.807) is 7.11 Å². The molecule has 2 aromatic heterocycles. The van der Waals surface area contributed by atoms with Crippen molar-refractivity contribution in [3.05, 3.63) is 99.5 Å². The molecule has 37 heavy (non-hydrogen) atoms. The van der Waals surface area contributed by atoms with E-state index in [4.69, 9.17) is 21.3 Å². The van der Waals surface area contributed by atoms with Crippen LogP contribution < -0.4 is 4.74 Å². The Balaban J connectivity index is 1.37. The van der Waals surface area contributed by atoms with Gasteiger partial charge in [0.1, 0.15) is 11.8 Å². The van der Waals surface area contributed by atoms with Crippen molar-refractivity contribution in [1.29, 1.82) is 0 Å². The molecule has 0 amide bonds. The maximum absolute atomic E-state index is 12.6. The Bertz CT molecular complexity index is 1530. The van der Waals surface area contributed by atoms with Crippen molar-refractivity contribution in [3.8, 4) is 5.75 Å². The van der Waals surface area contributed by atoms with E-state index in [1.807, 2.05) is 42.7 Å². The average molecular weight is 514 g/mol. The predicted octanol–water partition coefficient (Wildman–Crippen LogP) is 6.05. The van der Waals surface area contributed by atoms with Crippen molar-refractivity contribution in [2.24, 2.45) is 0 Å². The van der Waals surface area contributed by atoms with Gasteiger partial charge in [0.2, 0.25) is 0 Å². The van der Waals surface area contributed by atoms with Crippen LogP contribution in [0.1, 0.15) is 46.8 Å². The minimum atomic E-state index is -0.846. The van der Waals surface area contributed by atoms with E-state index in [0.717, 1.165) is 52.9 Å². The number of nitrogens with one attached hydrogen (secondary N) is 1. The number of aryl methyl sites for hydroxylation is 2. The number of halogens is 1. The van der Waals surface area contributed by atoms with Gasteiger partial charge in [-0.3, -0.25) is 14.7 Å². The van der Waals surface area contributed by atoms with E-state index in [0.29, 0.717) is 18.8 Å². The van der Waals surface area contributed by atoms with Crippen molar-refractivity contribution in [2.75, 3.05) is 20.2 Å². The zero-order chi connectivity index (χ0) is 25.5. The number of ether oxygens (including phenoxy) is 1. The first-order chi connectivity index (χ1) is 18.0. The average Bonchev–Trinajstić information content (AvgIpc) is 3.24. The molecule has 1 saturated heterocycles. The van der Waals surface area contributed by atoms with Gasteiger partial charge < -0.3 is 14.8 Å². The summed E-state index contributed by atoms with van der Waals surface area (Å²) in [4.78, 5) is 22.7. The molecule has 6 rings (SSSR count). The molecule has 7 heteroatoms. The highest BCUT2D eigenvalue weighted by molar-refractivity contribution is 6.30. The molecule has 0 radical (unpaired) electrons. The number of aromatic amines is 1. The molecule has 2 aromatic carbocycles. The zero-order valence-corrected chi connectivity index (χ0v) is 21.4. The number of aliphatic carboxylic acids is 1. The number of hydrogen-bond acceptors (Lipinski definition) is 4. The summed E-state index contributed by atoms with van der Waals surface area (Å²) in [5, 5.41) is 11.9. The number of carbonyl (C=O) groups is 1. The fraction of sp³-hybridized carbons (Fsp3) is 0.267. The van der Waals surface area contributed by atoms with Crippen LogP contribution in [-0.2, 0) is 17.6 Å². The van der Waals surface area contributed by atoms with Crippen molar-refractivity contribution in [3.63, 3.8) is 0 Å². The number of hydrogen-bond donors (Lipinski definition) is 2. The van der Waals surface area contributed by atoms with Crippen LogP contribution in [0, 0.1) is 0 Å². The summed E-state index contributed by atoms with van der Waals surface area (Å²) in [6, 6.07) is 15.3. The smallest absolute Gasteiger partial charge is 0.325 e. The van der Waals surface area contributed by atoms with Gasteiger partial charge in [-0.2, -0.15) is 0 Å². The number of likely N-dealkylation sites (tertiary alicyclic amines) is 1. The first-order valence-electron chi connectivity index (χ1n) is 12.6. The standard InChI is InChI=1S/C30H28ClN3O3/c1-37-22-7-9-26-24(16-22)25(17-33-26)29(30(35)36)34-13-10-18(11-14-34)27-23-8-6-21(31)15-20(23)5-4-19-3-2-12-32-28(19)27/h2-3,6-9,12,15-17,29,33H,4-5,10-11,13-14H2,1H3,(H,35,36). The molecular formula is C30H28ClN3O3. The number of aromatic nitrogens is 2. The molecule has 0 spiro atoms. The molecule has 1 unspecified atom stereocenters. The summed E-state index contributed by atoms with van der Waals surface area (Å²) >= 11 is 6.36. The first-order valence-corrected chi connectivity index (χ1v) is 13.0. The maximum atomic E-state index is 12.6. The van der Waals surface area contributed by atoms with Crippen molar-refractivity contribution >= 4 is 34.0 Å². The molecular weight excluding hydrogens is 486 g/mol. The third-order valence-corrected chi connectivity index (χ3v) is 7.93. The second kappa shape index (κ2) is 9.69. The number of nitrogens with zero attached hydrogens (tertiary/aromatic N) is 2. The van der Waals surface area contributed by atoms with Gasteiger partial charge >= 0.3 is 5.97 Å². The second-order valence-corrected chi connectivity index (χ2v) is 10.2. The van der Waals surface area contributed by atoms with Crippen LogP contribution in [0.2, 0.25) is 5.02 Å². The Kier molecular flexibility index (Phi) is 6.22. The zero-order valence-electron chi connectivity index (χ0n) is 20.6. The van der Waals surface area contributed by atoms with Crippen molar-refractivity contribution in [2.45, 2.75) is 31.7 Å². The number of pyridine rings is 1. The summed E-state index contributed by atoms with van der Waals surface area (Å²) in [5.41, 5.74) is 8.92. The lowest BCUT2D eigenvalue weighted by atomic mass is 9.88. The molecule has 1 fully saturated rings. The highest BCUT2D eigenvalue weighted by Crippen LogP contribution is 2.40. The number of carboxylic acid groups (broad SMARTS) is 1. The van der Waals surface area contributed by atoms with E-state index < -0.39 is 12.0 Å². The number of fused-ring (bicyclic) bond motifs is 3. The number of methoxy groups -OCH3 is 1. The van der Waals surface area contributed by atoms with Gasteiger partial charge in [-0.15, -0.1) is 0 Å². The van der Waals surface area contributed by atoms with E-state index in [2.05, 4.69) is 28.1 Å². The fourth-order valence-corrected chi connectivity index (χ4v) is 6.09. The van der Waals surface area contributed by atoms with Crippen LogP contribution >= 0.6 is 11.6 Å². The molecule has 3 heterocycles. The normalized spacial score (nSPS) is 16.7. The third kappa shape index (κ3) is 4.30. The molecule has 4 aromatic rings. The molecule has 1 aliphatic heterocycles. The van der Waals surface area contributed by atoms with E-state index in [9.17, 15) is 9.90 Å². The van der Waals surface area contributed by atoms with Crippen molar-refractivity contribution in [1.82, 2.24) is 14.9 Å². The lowest BCUT2D eigenvalue weighted by molar-refractivity contribution is -0.143. The summed E-state index contributed by atoms with van der Waals surface area (Å²) in [5.74, 6) is -0.136. The maximum Gasteiger partial charge on any atom is 0.325 e. The number of carboxylic acids is 1. The third-order valence-electron chi connectivity index (χ3n) is 7.70. The summed E-state index contributed by atoms with van der Waals surface area (Å²) in [7, 11) is 1.62. The van der Waals surface area contributed by atoms with Gasteiger partial charge in [-0.05, 0) is 78.8 Å². The quantitative estimate of drug-likeness (QED) is 0.347. The van der Waals surface area contributed by atoms with Crippen LogP contribution in [0.25, 0.3) is 16.5 Å². The van der Waals surface area contributed by atoms with E-state index in [-0.39, 0.29) is 0 Å². The van der Waals surface area contributed by atoms with Crippen molar-refractivity contribution < 1.29 is 14.6 Å². The Morgan fingerprint density at radius 1 is 1.08 bits per heavy atom. The fourth-order valence-electron chi connectivity index (χ4n) is 5.90. The Morgan fingerprint density at radius 3 is 2.68 bits per heavy atom. The molecule has 1 aliphatic carbocycles. The highest BCUT2D eigenvalue weighted by atomic mass is 35.5. The number of benzene rings is 2. The summed E-state index contributed by atoms with van der Waals surface area (Å²) in [6.45, 7) is 1.30. The second-order valence-electron chi connectivity index (χ2n) is 9.72. The van der Waals surface area contributed by atoms with Gasteiger partial charge in [0.15, 0.2) is 0 Å². The van der Waals surface area contributed by atoms with Crippen LogP contribution in [-0.4, -0.2) is 46.1 Å². The predicted molar refractivity (Wildman–Crippen MR) is 145 cm³/mol. The molecule has 2 aliphatic rings. The first kappa shape index (κ1) is 23.8. The molecule has 6 nitrogen and oxygen atoms in total. The molecule has 0 bridgehead atoms. The SMILES string of the molecule is COc1ccc2[nH]cc(C(C(=O)O)N3CCC(=C4c5ccc(Cl)cc5CCc5cccnc54)CC3)c2c1. The van der Waals surface area contributed by atoms with Gasteiger partial charge in [-0.25, -0.2) is 0 Å². The van der Waals surface area contributed by atoms with Gasteiger partial charge in [0, 0.05) is 52.5 Å². The number of rotatable bonds is 4. The highest BCUT2D eigenvalue weighted by Gasteiger charge is 2.33. The minimum absolute atomic E-state index is 0.650. The Morgan fingerprint density at radius 2 is 1.89 bits per heavy atom. The summed E-state index contributed by atoms with van der Waals surface area (Å²) < 4.78 is 5.39. The lowest BCUT2D eigenvalue weighted by Crippen LogP contribution is -2.38. The number of H-pyrrole nitrogens is 1. The molecule has 1 atom stereocenters. The monoisotopic (exact) mass is 513 g/mol. The molecule has 2 N–H and O–H groups in total. The Hall–Kier alpha value is -3.61. The minimum Gasteiger partial charge on any atom is -0.497 e. The van der Waals surface area contributed by atoms with Gasteiger partial charge in [-0.1, -0.05) is 29.3 Å². The largest absolute Gasteiger partial charge is 0.497 e. The summed E-state index contributed by atoms with van der Waals surface area (Å²) in [6.07, 6.45) is 7.09. The van der Waals surface area contributed by atoms with E-state index >= 15 is 0 Å². The lowest BCUT2D eigenvalue weighted by Gasteiger charge is -2.34. The van der Waals surface area contributed by atoms with Gasteiger partial charge in [0.05, 0.1) is 12.8 Å². The topological polar surface area (TPSA) is 78.5 Å². The van der Waals surface area contributed by atoms with Crippen LogP contribution in [0.5, 0.6) is 5.75 Å². The van der Waals surface area contributed by atoms with Crippen LogP contribution in [0.15, 0.2) is 66.5 Å². The number of piperidine rings is 1. The Labute approximate surface area is 220 Å². The molecule has 0 saturated carbocycles. The molecule has 188 valence electrons. The van der Waals surface area contributed by atoms with E-state index in [1.165, 1.54) is 27.8 Å². The van der Waals surface area contributed by atoms with Gasteiger partial charge in [0.25, 0.3) is 0 Å². The van der Waals surface area contributed by atoms with Crippen LogP contribution in [0.4, 0.5) is 0 Å². The van der Waals surface area contributed by atoms with Crippen LogP contribution in [0.3, 0.4) is 0 Å².